The maximum absolute atomic E-state index is 12.8. The second kappa shape index (κ2) is 6.06. The normalized spacial score (nSPS) is 10.4. The third-order valence-electron chi connectivity index (χ3n) is 2.40. The van der Waals surface area contributed by atoms with Crippen molar-refractivity contribution < 1.29 is 4.39 Å². The first-order chi connectivity index (χ1) is 8.34. The molecule has 2 aromatic rings. The molecule has 4 heteroatoms. The molecular weight excluding hydrogens is 217 g/mol. The third kappa shape index (κ3) is 3.92. The summed E-state index contributed by atoms with van der Waals surface area (Å²) < 4.78 is 12.8. The molecule has 1 N–H and O–H groups in total. The van der Waals surface area contributed by atoms with Crippen molar-refractivity contribution in [3.05, 3.63) is 59.9 Å². The molecule has 0 bridgehead atoms. The van der Waals surface area contributed by atoms with Crippen LogP contribution < -0.4 is 5.32 Å². The van der Waals surface area contributed by atoms with E-state index in [0.717, 1.165) is 18.5 Å². The smallest absolute Gasteiger partial charge is 0.141 e. The second-order valence-electron chi connectivity index (χ2n) is 3.80. The molecule has 88 valence electrons. The van der Waals surface area contributed by atoms with Crippen LogP contribution in [0.2, 0.25) is 0 Å². The van der Waals surface area contributed by atoms with Crippen molar-refractivity contribution in [2.24, 2.45) is 0 Å². The first-order valence-corrected chi connectivity index (χ1v) is 5.53. The zero-order valence-corrected chi connectivity index (χ0v) is 9.44. The monoisotopic (exact) mass is 231 g/mol. The van der Waals surface area contributed by atoms with Crippen LogP contribution in [0.3, 0.4) is 0 Å². The minimum Gasteiger partial charge on any atom is -0.312 e. The van der Waals surface area contributed by atoms with Crippen LogP contribution in [0.4, 0.5) is 4.39 Å². The molecular formula is C13H14FN3. The number of hydrogen-bond acceptors (Lipinski definition) is 3. The predicted molar refractivity (Wildman–Crippen MR) is 63.8 cm³/mol. The molecule has 3 nitrogen and oxygen atoms in total. The number of nitrogens with zero attached hydrogens (tertiary/aromatic N) is 2. The van der Waals surface area contributed by atoms with Crippen LogP contribution in [0.25, 0.3) is 0 Å². The zero-order chi connectivity index (χ0) is 11.9. The van der Waals surface area contributed by atoms with Gasteiger partial charge in [-0.1, -0.05) is 6.07 Å². The van der Waals surface area contributed by atoms with Gasteiger partial charge >= 0.3 is 0 Å². The summed E-state index contributed by atoms with van der Waals surface area (Å²) in [6, 6.07) is 5.45. The SMILES string of the molecule is Fc1cncc(CNCCc2cccnc2)c1. The molecule has 0 radical (unpaired) electrons. The van der Waals surface area contributed by atoms with Crippen molar-refractivity contribution in [1.82, 2.24) is 15.3 Å². The number of rotatable bonds is 5. The van der Waals surface area contributed by atoms with E-state index in [-0.39, 0.29) is 5.82 Å². The van der Waals surface area contributed by atoms with Crippen molar-refractivity contribution in [3.63, 3.8) is 0 Å². The van der Waals surface area contributed by atoms with E-state index in [9.17, 15) is 4.39 Å². The number of nitrogens with one attached hydrogen (secondary N) is 1. The molecule has 0 fully saturated rings. The molecule has 17 heavy (non-hydrogen) atoms. The van der Waals surface area contributed by atoms with Gasteiger partial charge in [0.15, 0.2) is 0 Å². The molecule has 0 unspecified atom stereocenters. The van der Waals surface area contributed by atoms with Crippen molar-refractivity contribution in [3.8, 4) is 0 Å². The zero-order valence-electron chi connectivity index (χ0n) is 9.44. The lowest BCUT2D eigenvalue weighted by atomic mass is 10.2. The Labute approximate surface area is 99.7 Å². The highest BCUT2D eigenvalue weighted by Crippen LogP contribution is 2.00. The lowest BCUT2D eigenvalue weighted by Crippen LogP contribution is -2.16. The Hall–Kier alpha value is -1.81. The van der Waals surface area contributed by atoms with Crippen LogP contribution in [-0.4, -0.2) is 16.5 Å². The summed E-state index contributed by atoms with van der Waals surface area (Å²) in [5.74, 6) is -0.295. The summed E-state index contributed by atoms with van der Waals surface area (Å²) >= 11 is 0. The van der Waals surface area contributed by atoms with E-state index in [1.165, 1.54) is 17.8 Å². The summed E-state index contributed by atoms with van der Waals surface area (Å²) in [5.41, 5.74) is 2.05. The lowest BCUT2D eigenvalue weighted by Gasteiger charge is -2.04. The van der Waals surface area contributed by atoms with Gasteiger partial charge in [0.1, 0.15) is 5.82 Å². The van der Waals surface area contributed by atoms with Gasteiger partial charge in [0.2, 0.25) is 0 Å². The highest BCUT2D eigenvalue weighted by Gasteiger charge is 1.96. The van der Waals surface area contributed by atoms with E-state index in [0.29, 0.717) is 6.54 Å². The molecule has 2 aromatic heterocycles. The van der Waals surface area contributed by atoms with E-state index in [2.05, 4.69) is 15.3 Å². The van der Waals surface area contributed by atoms with Crippen LogP contribution in [0.15, 0.2) is 43.0 Å². The van der Waals surface area contributed by atoms with Crippen LogP contribution in [0.1, 0.15) is 11.1 Å². The van der Waals surface area contributed by atoms with E-state index >= 15 is 0 Å². The van der Waals surface area contributed by atoms with Crippen LogP contribution in [0, 0.1) is 5.82 Å². The summed E-state index contributed by atoms with van der Waals surface area (Å²) in [5, 5.41) is 3.24. The topological polar surface area (TPSA) is 37.8 Å². The first-order valence-electron chi connectivity index (χ1n) is 5.53. The van der Waals surface area contributed by atoms with Gasteiger partial charge in [0, 0.05) is 25.1 Å². The van der Waals surface area contributed by atoms with E-state index in [4.69, 9.17) is 0 Å². The number of hydrogen-bond donors (Lipinski definition) is 1. The Morgan fingerprint density at radius 2 is 2.00 bits per heavy atom. The van der Waals surface area contributed by atoms with Crippen molar-refractivity contribution in [2.75, 3.05) is 6.54 Å². The minimum atomic E-state index is -0.295. The summed E-state index contributed by atoms with van der Waals surface area (Å²) in [6.45, 7) is 1.47. The number of aromatic nitrogens is 2. The van der Waals surface area contributed by atoms with Gasteiger partial charge in [0.05, 0.1) is 6.20 Å². The molecule has 0 saturated heterocycles. The average molecular weight is 231 g/mol. The van der Waals surface area contributed by atoms with Crippen LogP contribution >= 0.6 is 0 Å². The van der Waals surface area contributed by atoms with Crippen molar-refractivity contribution >= 4 is 0 Å². The van der Waals surface area contributed by atoms with E-state index < -0.39 is 0 Å². The minimum absolute atomic E-state index is 0.295. The van der Waals surface area contributed by atoms with Crippen molar-refractivity contribution in [1.29, 1.82) is 0 Å². The van der Waals surface area contributed by atoms with Gasteiger partial charge in [-0.2, -0.15) is 0 Å². The van der Waals surface area contributed by atoms with Gasteiger partial charge in [-0.3, -0.25) is 9.97 Å². The Kier molecular flexibility index (Phi) is 4.16. The second-order valence-corrected chi connectivity index (χ2v) is 3.80. The lowest BCUT2D eigenvalue weighted by molar-refractivity contribution is 0.612. The number of pyridine rings is 2. The fourth-order valence-electron chi connectivity index (χ4n) is 1.56. The molecule has 0 aliphatic heterocycles. The predicted octanol–water partition coefficient (Wildman–Crippen LogP) is 1.95. The summed E-state index contributed by atoms with van der Waals surface area (Å²) in [7, 11) is 0. The average Bonchev–Trinajstić information content (AvgIpc) is 2.36. The summed E-state index contributed by atoms with van der Waals surface area (Å²) in [4.78, 5) is 7.84. The maximum atomic E-state index is 12.8. The molecule has 0 aliphatic carbocycles. The quantitative estimate of drug-likeness (QED) is 0.799. The molecule has 0 aliphatic rings. The van der Waals surface area contributed by atoms with Gasteiger partial charge in [0.25, 0.3) is 0 Å². The number of halogens is 1. The Morgan fingerprint density at radius 3 is 2.76 bits per heavy atom. The summed E-state index contributed by atoms with van der Waals surface area (Å²) in [6.07, 6.45) is 7.40. The van der Waals surface area contributed by atoms with E-state index in [1.807, 2.05) is 18.3 Å². The molecule has 0 atom stereocenters. The first kappa shape index (κ1) is 11.7. The fourth-order valence-corrected chi connectivity index (χ4v) is 1.56. The fraction of sp³-hybridized carbons (Fsp3) is 0.231. The third-order valence-corrected chi connectivity index (χ3v) is 2.40. The van der Waals surface area contributed by atoms with Gasteiger partial charge in [-0.05, 0) is 36.2 Å². The molecule has 0 aromatic carbocycles. The Bertz CT molecular complexity index is 459. The Balaban J connectivity index is 1.73. The maximum Gasteiger partial charge on any atom is 0.141 e. The molecule has 0 amide bonds. The van der Waals surface area contributed by atoms with Gasteiger partial charge < -0.3 is 5.32 Å². The van der Waals surface area contributed by atoms with Crippen molar-refractivity contribution in [2.45, 2.75) is 13.0 Å². The largest absolute Gasteiger partial charge is 0.312 e. The standard InChI is InChI=1S/C13H14FN3/c14-13-6-12(9-17-10-13)8-16-5-3-11-2-1-4-15-7-11/h1-2,4,6-7,9-10,16H,3,5,8H2. The van der Waals surface area contributed by atoms with E-state index in [1.54, 1.807) is 12.4 Å². The van der Waals surface area contributed by atoms with Gasteiger partial charge in [-0.15, -0.1) is 0 Å². The highest BCUT2D eigenvalue weighted by atomic mass is 19.1. The van der Waals surface area contributed by atoms with Crippen LogP contribution in [0.5, 0.6) is 0 Å². The van der Waals surface area contributed by atoms with Gasteiger partial charge in [-0.25, -0.2) is 4.39 Å². The molecule has 0 saturated carbocycles. The molecule has 0 spiro atoms. The Morgan fingerprint density at radius 1 is 1.12 bits per heavy atom. The van der Waals surface area contributed by atoms with Crippen LogP contribution in [-0.2, 0) is 13.0 Å². The molecule has 2 rings (SSSR count). The highest BCUT2D eigenvalue weighted by molar-refractivity contribution is 5.11. The molecule has 2 heterocycles.